The minimum Gasteiger partial charge on any atom is -0.368 e. The van der Waals surface area contributed by atoms with Gasteiger partial charge < -0.3 is 9.72 Å². The number of aryl methyl sites for hydroxylation is 1. The second kappa shape index (κ2) is 5.91. The Morgan fingerprint density at radius 3 is 3.06 bits per heavy atom. The second-order valence-corrected chi connectivity index (χ2v) is 5.35. The van der Waals surface area contributed by atoms with Gasteiger partial charge in [-0.15, -0.1) is 0 Å². The van der Waals surface area contributed by atoms with Gasteiger partial charge in [0.15, 0.2) is 0 Å². The average Bonchev–Trinajstić information content (AvgIpc) is 2.38. The molecule has 1 aromatic rings. The summed E-state index contributed by atoms with van der Waals surface area (Å²) in [4.78, 5) is 10.1. The number of nitrogens with zero attached hydrogens (tertiary/aromatic N) is 2. The molecule has 1 N–H and O–H groups in total. The molecule has 100 valence electrons. The molecule has 1 saturated heterocycles. The molecular formula is C13H21N3OS. The van der Waals surface area contributed by atoms with Crippen molar-refractivity contribution in [3.63, 3.8) is 0 Å². The van der Waals surface area contributed by atoms with Gasteiger partial charge in [0.05, 0.1) is 6.61 Å². The SMILES string of the molecule is CCc1cc(=S)nc(C2CN(C(C)C)CCO2)[nH]1. The normalized spacial score (nSPS) is 21.4. The standard InChI is InChI=1S/C13H21N3OS/c1-4-10-7-12(18)15-13(14-10)11-8-16(9(2)3)5-6-17-11/h7,9,11H,4-6,8H2,1-3H3,(H,14,15,18). The third kappa shape index (κ3) is 3.16. The zero-order valence-corrected chi connectivity index (χ0v) is 12.1. The topological polar surface area (TPSA) is 41.2 Å². The smallest absolute Gasteiger partial charge is 0.138 e. The van der Waals surface area contributed by atoms with Crippen LogP contribution in [0.15, 0.2) is 6.07 Å². The van der Waals surface area contributed by atoms with Crippen molar-refractivity contribution in [2.45, 2.75) is 39.3 Å². The van der Waals surface area contributed by atoms with Crippen LogP contribution in [0, 0.1) is 4.64 Å². The quantitative estimate of drug-likeness (QED) is 0.854. The molecule has 1 atom stereocenters. The number of hydrogen-bond acceptors (Lipinski definition) is 4. The van der Waals surface area contributed by atoms with E-state index in [1.54, 1.807) is 0 Å². The molecule has 0 aliphatic carbocycles. The Morgan fingerprint density at radius 1 is 1.61 bits per heavy atom. The molecule has 2 rings (SSSR count). The third-order valence-corrected chi connectivity index (χ3v) is 3.54. The van der Waals surface area contributed by atoms with E-state index in [0.717, 1.165) is 37.6 Å². The molecule has 18 heavy (non-hydrogen) atoms. The summed E-state index contributed by atoms with van der Waals surface area (Å²) in [6.07, 6.45) is 0.939. The molecule has 1 unspecified atom stereocenters. The predicted octanol–water partition coefficient (Wildman–Crippen LogP) is 2.48. The van der Waals surface area contributed by atoms with Gasteiger partial charge in [0.25, 0.3) is 0 Å². The number of hydrogen-bond donors (Lipinski definition) is 1. The number of ether oxygens (including phenoxy) is 1. The summed E-state index contributed by atoms with van der Waals surface area (Å²) >= 11 is 5.20. The molecule has 0 saturated carbocycles. The van der Waals surface area contributed by atoms with Gasteiger partial charge in [-0.25, -0.2) is 4.98 Å². The average molecular weight is 267 g/mol. The molecule has 2 heterocycles. The monoisotopic (exact) mass is 267 g/mol. The molecule has 0 bridgehead atoms. The van der Waals surface area contributed by atoms with Crippen LogP contribution in [0.4, 0.5) is 0 Å². The minimum absolute atomic E-state index is 0.00866. The lowest BCUT2D eigenvalue weighted by Crippen LogP contribution is -2.42. The summed E-state index contributed by atoms with van der Waals surface area (Å²) in [7, 11) is 0. The maximum absolute atomic E-state index is 5.82. The maximum atomic E-state index is 5.82. The molecule has 1 aromatic heterocycles. The number of nitrogens with one attached hydrogen (secondary N) is 1. The van der Waals surface area contributed by atoms with Crippen LogP contribution in [0.2, 0.25) is 0 Å². The molecule has 0 aromatic carbocycles. The van der Waals surface area contributed by atoms with Gasteiger partial charge in [-0.05, 0) is 26.3 Å². The van der Waals surface area contributed by atoms with Crippen molar-refractivity contribution in [3.8, 4) is 0 Å². The first-order chi connectivity index (χ1) is 8.60. The molecule has 4 nitrogen and oxygen atoms in total. The van der Waals surface area contributed by atoms with E-state index >= 15 is 0 Å². The highest BCUT2D eigenvalue weighted by Crippen LogP contribution is 2.20. The molecule has 1 fully saturated rings. The highest BCUT2D eigenvalue weighted by atomic mass is 32.1. The minimum atomic E-state index is 0.00866. The number of rotatable bonds is 3. The Balaban J connectivity index is 2.20. The summed E-state index contributed by atoms with van der Waals surface area (Å²) in [6, 6.07) is 2.45. The van der Waals surface area contributed by atoms with E-state index in [-0.39, 0.29) is 6.10 Å². The summed E-state index contributed by atoms with van der Waals surface area (Å²) < 4.78 is 6.46. The van der Waals surface area contributed by atoms with E-state index < -0.39 is 0 Å². The van der Waals surface area contributed by atoms with E-state index in [0.29, 0.717) is 10.7 Å². The van der Waals surface area contributed by atoms with Gasteiger partial charge in [0.2, 0.25) is 0 Å². The molecular weight excluding hydrogens is 246 g/mol. The van der Waals surface area contributed by atoms with E-state index in [1.165, 1.54) is 0 Å². The van der Waals surface area contributed by atoms with Crippen molar-refractivity contribution in [1.29, 1.82) is 0 Å². The lowest BCUT2D eigenvalue weighted by Gasteiger charge is -2.35. The second-order valence-electron chi connectivity index (χ2n) is 4.93. The zero-order chi connectivity index (χ0) is 13.1. The van der Waals surface area contributed by atoms with Crippen molar-refractivity contribution in [2.24, 2.45) is 0 Å². The third-order valence-electron chi connectivity index (χ3n) is 3.33. The summed E-state index contributed by atoms with van der Waals surface area (Å²) in [5.74, 6) is 0.865. The lowest BCUT2D eigenvalue weighted by molar-refractivity contribution is -0.0444. The Kier molecular flexibility index (Phi) is 4.48. The fraction of sp³-hybridized carbons (Fsp3) is 0.692. The first kappa shape index (κ1) is 13.6. The van der Waals surface area contributed by atoms with Gasteiger partial charge in [-0.1, -0.05) is 19.1 Å². The maximum Gasteiger partial charge on any atom is 0.138 e. The Labute approximate surface area is 113 Å². The van der Waals surface area contributed by atoms with Crippen LogP contribution in [0.25, 0.3) is 0 Å². The first-order valence-electron chi connectivity index (χ1n) is 6.56. The van der Waals surface area contributed by atoms with Crippen molar-refractivity contribution < 1.29 is 4.74 Å². The van der Waals surface area contributed by atoms with Crippen LogP contribution < -0.4 is 0 Å². The van der Waals surface area contributed by atoms with Crippen molar-refractivity contribution >= 4 is 12.2 Å². The van der Waals surface area contributed by atoms with Crippen LogP contribution in [0.1, 0.15) is 38.4 Å². The van der Waals surface area contributed by atoms with Gasteiger partial charge in [-0.2, -0.15) is 0 Å². The largest absolute Gasteiger partial charge is 0.368 e. The van der Waals surface area contributed by atoms with Gasteiger partial charge >= 0.3 is 0 Å². The molecule has 1 aliphatic heterocycles. The Hall–Kier alpha value is -0.780. The summed E-state index contributed by atoms with van der Waals surface area (Å²) in [5.41, 5.74) is 1.12. The van der Waals surface area contributed by atoms with E-state index in [2.05, 4.69) is 35.6 Å². The Bertz CT molecular complexity index is 458. The number of aromatic nitrogens is 2. The van der Waals surface area contributed by atoms with Crippen LogP contribution in [0.3, 0.4) is 0 Å². The predicted molar refractivity (Wildman–Crippen MR) is 74.2 cm³/mol. The lowest BCUT2D eigenvalue weighted by atomic mass is 10.2. The molecule has 0 radical (unpaired) electrons. The summed E-state index contributed by atoms with van der Waals surface area (Å²) in [6.45, 7) is 9.14. The van der Waals surface area contributed by atoms with Crippen molar-refractivity contribution in [3.05, 3.63) is 22.2 Å². The summed E-state index contributed by atoms with van der Waals surface area (Å²) in [5, 5.41) is 0. The van der Waals surface area contributed by atoms with Crippen LogP contribution >= 0.6 is 12.2 Å². The van der Waals surface area contributed by atoms with E-state index in [1.807, 2.05) is 6.07 Å². The van der Waals surface area contributed by atoms with Crippen molar-refractivity contribution in [2.75, 3.05) is 19.7 Å². The fourth-order valence-corrected chi connectivity index (χ4v) is 2.42. The highest BCUT2D eigenvalue weighted by Gasteiger charge is 2.25. The number of morpholine rings is 1. The van der Waals surface area contributed by atoms with Gasteiger partial charge in [0.1, 0.15) is 16.6 Å². The Morgan fingerprint density at radius 2 is 2.39 bits per heavy atom. The van der Waals surface area contributed by atoms with E-state index in [4.69, 9.17) is 17.0 Å². The molecule has 0 amide bonds. The van der Waals surface area contributed by atoms with Crippen LogP contribution in [-0.2, 0) is 11.2 Å². The van der Waals surface area contributed by atoms with Crippen molar-refractivity contribution in [1.82, 2.24) is 14.9 Å². The van der Waals surface area contributed by atoms with Gasteiger partial charge in [-0.3, -0.25) is 4.90 Å². The molecule has 1 aliphatic rings. The van der Waals surface area contributed by atoms with Crippen LogP contribution in [-0.4, -0.2) is 40.6 Å². The van der Waals surface area contributed by atoms with E-state index in [9.17, 15) is 0 Å². The fourth-order valence-electron chi connectivity index (χ4n) is 2.18. The molecule has 0 spiro atoms. The van der Waals surface area contributed by atoms with Crippen LogP contribution in [0.5, 0.6) is 0 Å². The number of H-pyrrole nitrogens is 1. The first-order valence-corrected chi connectivity index (χ1v) is 6.96. The molecule has 5 heteroatoms. The number of aromatic amines is 1. The zero-order valence-electron chi connectivity index (χ0n) is 11.3. The highest BCUT2D eigenvalue weighted by molar-refractivity contribution is 7.71. The van der Waals surface area contributed by atoms with Gasteiger partial charge in [0, 0.05) is 24.8 Å².